The standard InChI is InChI=1S/C19H24BrN3O3/c1-3-13-6-8-19(9-7-13)17(25)23(18(26)22-19)11-16(24)21-14-5-4-12(2)15(20)10-14/h4-5,10,13H,3,6-9,11H2,1-2H3,(H,21,24)(H,22,26). The molecule has 1 saturated carbocycles. The average Bonchev–Trinajstić information content (AvgIpc) is 2.83. The Hall–Kier alpha value is -1.89. The first-order valence-electron chi connectivity index (χ1n) is 9.05. The van der Waals surface area contributed by atoms with Gasteiger partial charge in [0.1, 0.15) is 12.1 Å². The van der Waals surface area contributed by atoms with E-state index in [1.54, 1.807) is 12.1 Å². The smallest absolute Gasteiger partial charge is 0.324 e. The normalized spacial score (nSPS) is 25.5. The van der Waals surface area contributed by atoms with E-state index in [-0.39, 0.29) is 18.4 Å². The third kappa shape index (κ3) is 3.63. The SMILES string of the molecule is CCC1CCC2(CC1)NC(=O)N(CC(=O)Nc1ccc(C)c(Br)c1)C2=O. The van der Waals surface area contributed by atoms with Gasteiger partial charge in [-0.3, -0.25) is 14.5 Å². The van der Waals surface area contributed by atoms with E-state index in [4.69, 9.17) is 0 Å². The highest BCUT2D eigenvalue weighted by Gasteiger charge is 2.52. The summed E-state index contributed by atoms with van der Waals surface area (Å²) in [5.41, 5.74) is 0.870. The number of amides is 4. The molecule has 1 aromatic rings. The zero-order chi connectivity index (χ0) is 18.9. The lowest BCUT2D eigenvalue weighted by atomic mass is 9.75. The van der Waals surface area contributed by atoms with Gasteiger partial charge in [-0.15, -0.1) is 0 Å². The van der Waals surface area contributed by atoms with Crippen molar-refractivity contribution in [2.24, 2.45) is 5.92 Å². The molecule has 1 aliphatic heterocycles. The molecular weight excluding hydrogens is 398 g/mol. The molecule has 6 nitrogen and oxygen atoms in total. The van der Waals surface area contributed by atoms with Gasteiger partial charge < -0.3 is 10.6 Å². The molecule has 0 unspecified atom stereocenters. The third-order valence-electron chi connectivity index (χ3n) is 5.54. The topological polar surface area (TPSA) is 78.5 Å². The summed E-state index contributed by atoms with van der Waals surface area (Å²) in [5.74, 6) is -0.0384. The molecule has 0 aromatic heterocycles. The van der Waals surface area contributed by atoms with Crippen molar-refractivity contribution in [3.63, 3.8) is 0 Å². The second-order valence-electron chi connectivity index (χ2n) is 7.27. The molecule has 7 heteroatoms. The number of urea groups is 1. The molecule has 3 rings (SSSR count). The number of carbonyl (C=O) groups excluding carboxylic acids is 3. The summed E-state index contributed by atoms with van der Waals surface area (Å²) in [5, 5.41) is 5.59. The van der Waals surface area contributed by atoms with Crippen LogP contribution in [0, 0.1) is 12.8 Å². The van der Waals surface area contributed by atoms with Gasteiger partial charge in [-0.05, 0) is 56.2 Å². The van der Waals surface area contributed by atoms with Gasteiger partial charge in [0.15, 0.2) is 0 Å². The van der Waals surface area contributed by atoms with Crippen LogP contribution in [0.3, 0.4) is 0 Å². The van der Waals surface area contributed by atoms with Crippen LogP contribution in [0.5, 0.6) is 0 Å². The van der Waals surface area contributed by atoms with Crippen molar-refractivity contribution in [2.75, 3.05) is 11.9 Å². The molecule has 0 radical (unpaired) electrons. The second-order valence-corrected chi connectivity index (χ2v) is 8.12. The van der Waals surface area contributed by atoms with Crippen LogP contribution >= 0.6 is 15.9 Å². The molecule has 1 heterocycles. The van der Waals surface area contributed by atoms with Crippen LogP contribution in [-0.4, -0.2) is 34.8 Å². The molecule has 1 aromatic carbocycles. The van der Waals surface area contributed by atoms with Gasteiger partial charge in [0, 0.05) is 10.2 Å². The number of hydrogen-bond acceptors (Lipinski definition) is 3. The molecule has 1 saturated heterocycles. The predicted molar refractivity (Wildman–Crippen MR) is 103 cm³/mol. The lowest BCUT2D eigenvalue weighted by Crippen LogP contribution is -2.49. The number of nitrogens with one attached hydrogen (secondary N) is 2. The minimum absolute atomic E-state index is 0.266. The number of benzene rings is 1. The van der Waals surface area contributed by atoms with Gasteiger partial charge >= 0.3 is 6.03 Å². The predicted octanol–water partition coefficient (Wildman–Crippen LogP) is 3.59. The molecule has 1 spiro atoms. The minimum atomic E-state index is -0.810. The molecule has 140 valence electrons. The van der Waals surface area contributed by atoms with E-state index in [0.29, 0.717) is 24.4 Å². The van der Waals surface area contributed by atoms with Crippen LogP contribution in [0.4, 0.5) is 10.5 Å². The fourth-order valence-electron chi connectivity index (χ4n) is 3.75. The van der Waals surface area contributed by atoms with Crippen molar-refractivity contribution < 1.29 is 14.4 Å². The highest BCUT2D eigenvalue weighted by atomic mass is 79.9. The fraction of sp³-hybridized carbons (Fsp3) is 0.526. The van der Waals surface area contributed by atoms with Crippen molar-refractivity contribution in [1.82, 2.24) is 10.2 Å². The van der Waals surface area contributed by atoms with Crippen molar-refractivity contribution >= 4 is 39.5 Å². The number of hydrogen-bond donors (Lipinski definition) is 2. The average molecular weight is 422 g/mol. The molecule has 0 bridgehead atoms. The molecule has 26 heavy (non-hydrogen) atoms. The number of carbonyl (C=O) groups is 3. The highest BCUT2D eigenvalue weighted by Crippen LogP contribution is 2.37. The summed E-state index contributed by atoms with van der Waals surface area (Å²) in [6, 6.07) is 5.00. The van der Waals surface area contributed by atoms with E-state index in [2.05, 4.69) is 33.5 Å². The lowest BCUT2D eigenvalue weighted by molar-refractivity contribution is -0.135. The number of nitrogens with zero attached hydrogens (tertiary/aromatic N) is 1. The zero-order valence-corrected chi connectivity index (χ0v) is 16.7. The first kappa shape index (κ1) is 18.9. The van der Waals surface area contributed by atoms with E-state index < -0.39 is 11.6 Å². The Kier molecular flexibility index (Phi) is 5.37. The summed E-state index contributed by atoms with van der Waals surface area (Å²) in [6.07, 6.45) is 4.26. The minimum Gasteiger partial charge on any atom is -0.324 e. The molecule has 4 amide bonds. The van der Waals surface area contributed by atoms with Crippen LogP contribution < -0.4 is 10.6 Å². The third-order valence-corrected chi connectivity index (χ3v) is 6.39. The van der Waals surface area contributed by atoms with E-state index in [1.807, 2.05) is 13.0 Å². The van der Waals surface area contributed by atoms with Crippen molar-refractivity contribution in [1.29, 1.82) is 0 Å². The van der Waals surface area contributed by atoms with Crippen LogP contribution in [-0.2, 0) is 9.59 Å². The maximum absolute atomic E-state index is 12.8. The summed E-state index contributed by atoms with van der Waals surface area (Å²) >= 11 is 3.42. The molecule has 2 fully saturated rings. The summed E-state index contributed by atoms with van der Waals surface area (Å²) in [7, 11) is 0. The van der Waals surface area contributed by atoms with Crippen LogP contribution in [0.25, 0.3) is 0 Å². The number of anilines is 1. The van der Waals surface area contributed by atoms with Crippen molar-refractivity contribution in [3.05, 3.63) is 28.2 Å². The fourth-order valence-corrected chi connectivity index (χ4v) is 4.13. The first-order chi connectivity index (χ1) is 12.3. The van der Waals surface area contributed by atoms with E-state index >= 15 is 0 Å². The van der Waals surface area contributed by atoms with Gasteiger partial charge in [-0.2, -0.15) is 0 Å². The Morgan fingerprint density at radius 3 is 2.65 bits per heavy atom. The van der Waals surface area contributed by atoms with Gasteiger partial charge in [0.2, 0.25) is 5.91 Å². The van der Waals surface area contributed by atoms with Crippen molar-refractivity contribution in [2.45, 2.75) is 51.5 Å². The monoisotopic (exact) mass is 421 g/mol. The van der Waals surface area contributed by atoms with Crippen LogP contribution in [0.2, 0.25) is 0 Å². The van der Waals surface area contributed by atoms with Crippen LogP contribution in [0.1, 0.15) is 44.6 Å². The maximum atomic E-state index is 12.8. The summed E-state index contributed by atoms with van der Waals surface area (Å²) in [6.45, 7) is 3.84. The Morgan fingerprint density at radius 1 is 1.35 bits per heavy atom. The van der Waals surface area contributed by atoms with Crippen LogP contribution in [0.15, 0.2) is 22.7 Å². The van der Waals surface area contributed by atoms with E-state index in [0.717, 1.165) is 34.2 Å². The maximum Gasteiger partial charge on any atom is 0.325 e. The Labute approximate surface area is 161 Å². The molecule has 1 aliphatic carbocycles. The molecular formula is C19H24BrN3O3. The van der Waals surface area contributed by atoms with E-state index in [1.165, 1.54) is 0 Å². The molecule has 0 atom stereocenters. The van der Waals surface area contributed by atoms with Gasteiger partial charge in [0.25, 0.3) is 5.91 Å². The lowest BCUT2D eigenvalue weighted by Gasteiger charge is -2.34. The van der Waals surface area contributed by atoms with Gasteiger partial charge in [-0.1, -0.05) is 35.3 Å². The number of rotatable bonds is 4. The molecule has 2 aliphatic rings. The molecule has 2 N–H and O–H groups in total. The Balaban J connectivity index is 1.64. The van der Waals surface area contributed by atoms with Gasteiger partial charge in [0.05, 0.1) is 0 Å². The largest absolute Gasteiger partial charge is 0.325 e. The number of aryl methyl sites for hydroxylation is 1. The second kappa shape index (κ2) is 7.39. The number of halogens is 1. The number of imide groups is 1. The highest BCUT2D eigenvalue weighted by molar-refractivity contribution is 9.10. The Morgan fingerprint density at radius 2 is 2.04 bits per heavy atom. The first-order valence-corrected chi connectivity index (χ1v) is 9.84. The quantitative estimate of drug-likeness (QED) is 0.728. The van der Waals surface area contributed by atoms with Crippen molar-refractivity contribution in [3.8, 4) is 0 Å². The van der Waals surface area contributed by atoms with Gasteiger partial charge in [-0.25, -0.2) is 4.79 Å². The summed E-state index contributed by atoms with van der Waals surface area (Å²) in [4.78, 5) is 38.5. The Bertz CT molecular complexity index is 742. The summed E-state index contributed by atoms with van der Waals surface area (Å²) < 4.78 is 0.886. The zero-order valence-electron chi connectivity index (χ0n) is 15.1. The van der Waals surface area contributed by atoms with E-state index in [9.17, 15) is 14.4 Å².